The van der Waals surface area contributed by atoms with Gasteiger partial charge < -0.3 is 20.1 Å². The number of ether oxygens (including phenoxy) is 2. The van der Waals surface area contributed by atoms with Gasteiger partial charge in [-0.05, 0) is 36.8 Å². The number of hydrogen-bond donors (Lipinski definition) is 2. The average molecular weight is 384 g/mol. The normalized spacial score (nSPS) is 25.1. The van der Waals surface area contributed by atoms with Gasteiger partial charge in [-0.15, -0.1) is 0 Å². The van der Waals surface area contributed by atoms with E-state index < -0.39 is 5.41 Å². The van der Waals surface area contributed by atoms with Crippen molar-refractivity contribution in [1.29, 1.82) is 10.7 Å². The molecule has 8 heteroatoms. The van der Waals surface area contributed by atoms with E-state index in [1.165, 1.54) is 0 Å². The molecule has 1 fully saturated rings. The summed E-state index contributed by atoms with van der Waals surface area (Å²) in [6.45, 7) is 4.19. The van der Waals surface area contributed by atoms with E-state index >= 15 is 0 Å². The van der Waals surface area contributed by atoms with E-state index in [-0.39, 0.29) is 17.3 Å². The van der Waals surface area contributed by atoms with Crippen LogP contribution < -0.4 is 5.73 Å². The van der Waals surface area contributed by atoms with E-state index in [2.05, 4.69) is 11.1 Å². The molecular weight excluding hydrogens is 366 g/mol. The largest absolute Gasteiger partial charge is 0.441 e. The number of rotatable bonds is 1. The molecule has 4 rings (SSSR count). The highest BCUT2D eigenvalue weighted by Crippen LogP contribution is 2.52. The monoisotopic (exact) mass is 383 g/mol. The summed E-state index contributed by atoms with van der Waals surface area (Å²) in [5.74, 6) is 1.16. The Morgan fingerprint density at radius 1 is 1.30 bits per heavy atom. The lowest BCUT2D eigenvalue weighted by molar-refractivity contribution is 0.0661. The van der Waals surface area contributed by atoms with Crippen LogP contribution >= 0.6 is 11.6 Å². The Morgan fingerprint density at radius 3 is 2.59 bits per heavy atom. The van der Waals surface area contributed by atoms with E-state index in [1.807, 2.05) is 24.0 Å². The summed E-state index contributed by atoms with van der Waals surface area (Å²) >= 11 is 5.99. The second-order valence-electron chi connectivity index (χ2n) is 6.55. The van der Waals surface area contributed by atoms with Gasteiger partial charge in [0.1, 0.15) is 23.5 Å². The topological polar surface area (TPSA) is 108 Å². The molecule has 0 radical (unpaired) electrons. The summed E-state index contributed by atoms with van der Waals surface area (Å²) in [4.78, 5) is 6.51. The number of nitrogens with zero attached hydrogens (tertiary/aromatic N) is 3. The second-order valence-corrected chi connectivity index (χ2v) is 6.99. The summed E-state index contributed by atoms with van der Waals surface area (Å²) in [5.41, 5.74) is 6.63. The maximum Gasteiger partial charge on any atom is 0.211 e. The van der Waals surface area contributed by atoms with Crippen LogP contribution in [0.15, 0.2) is 46.2 Å². The first-order chi connectivity index (χ1) is 13.0. The highest BCUT2D eigenvalue weighted by molar-refractivity contribution is 6.30. The summed E-state index contributed by atoms with van der Waals surface area (Å²) in [6.07, 6.45) is 0. The maximum absolute atomic E-state index is 9.81. The first-order valence-electron chi connectivity index (χ1n) is 8.56. The summed E-state index contributed by atoms with van der Waals surface area (Å²) in [6, 6.07) is 9.34. The summed E-state index contributed by atoms with van der Waals surface area (Å²) in [7, 11) is 0. The average Bonchev–Trinajstić information content (AvgIpc) is 3.12. The smallest absolute Gasteiger partial charge is 0.211 e. The summed E-state index contributed by atoms with van der Waals surface area (Å²) in [5, 5.41) is 19.1. The van der Waals surface area contributed by atoms with Gasteiger partial charge in [-0.1, -0.05) is 11.6 Å². The fraction of sp³-hybridized carbons (Fsp3) is 0.316. The fourth-order valence-electron chi connectivity index (χ4n) is 3.82. The van der Waals surface area contributed by atoms with Crippen molar-refractivity contribution < 1.29 is 9.47 Å². The number of morpholine rings is 1. The Hall–Kier alpha value is -2.82. The third-order valence-corrected chi connectivity index (χ3v) is 5.42. The van der Waals surface area contributed by atoms with Crippen LogP contribution in [-0.4, -0.2) is 42.9 Å². The van der Waals surface area contributed by atoms with Gasteiger partial charge in [0.05, 0.1) is 18.8 Å². The number of nitriles is 1. The van der Waals surface area contributed by atoms with Gasteiger partial charge >= 0.3 is 0 Å². The van der Waals surface area contributed by atoms with Gasteiger partial charge in [-0.25, -0.2) is 4.99 Å². The van der Waals surface area contributed by atoms with Crippen molar-refractivity contribution in [1.82, 2.24) is 4.90 Å². The Morgan fingerprint density at radius 2 is 1.96 bits per heavy atom. The molecule has 0 bridgehead atoms. The molecule has 1 spiro atoms. The van der Waals surface area contributed by atoms with Gasteiger partial charge in [0.15, 0.2) is 5.41 Å². The molecule has 3 aliphatic heterocycles. The highest BCUT2D eigenvalue weighted by atomic mass is 35.5. The predicted octanol–water partition coefficient (Wildman–Crippen LogP) is 2.50. The zero-order valence-corrected chi connectivity index (χ0v) is 15.5. The molecule has 0 saturated carbocycles. The van der Waals surface area contributed by atoms with Crippen molar-refractivity contribution in [3.05, 3.63) is 51.8 Å². The molecule has 0 aliphatic carbocycles. The van der Waals surface area contributed by atoms with Crippen molar-refractivity contribution >= 4 is 29.1 Å². The van der Waals surface area contributed by atoms with E-state index in [9.17, 15) is 5.26 Å². The number of amidine groups is 1. The van der Waals surface area contributed by atoms with Crippen molar-refractivity contribution in [3.63, 3.8) is 0 Å². The van der Waals surface area contributed by atoms with Gasteiger partial charge in [0, 0.05) is 23.7 Å². The Labute approximate surface area is 161 Å². The van der Waals surface area contributed by atoms with E-state index in [1.54, 1.807) is 12.1 Å². The quantitative estimate of drug-likeness (QED) is 0.774. The molecule has 1 saturated heterocycles. The Balaban J connectivity index is 1.89. The molecule has 7 nitrogen and oxygen atoms in total. The molecule has 3 N–H and O–H groups in total. The lowest BCUT2D eigenvalue weighted by Crippen LogP contribution is -2.50. The third kappa shape index (κ3) is 2.45. The standard InChI is InChI=1S/C19H18ClN5O2/c1-11-15(12-2-4-13(20)5-3-12)27-17(23)19(11)14(10-21)16(22)24-18(19)25-6-8-26-9-7-25/h2-5,23H,6-9,22H2,1H3. The zero-order chi connectivity index (χ0) is 19.2. The molecule has 138 valence electrons. The molecular formula is C19H18ClN5O2. The fourth-order valence-corrected chi connectivity index (χ4v) is 3.95. The van der Waals surface area contributed by atoms with E-state index in [0.717, 1.165) is 11.1 Å². The molecule has 1 aromatic carbocycles. The Kier molecular flexibility index (Phi) is 4.17. The number of nitrogens with two attached hydrogens (primary N) is 1. The van der Waals surface area contributed by atoms with Crippen LogP contribution in [0.3, 0.4) is 0 Å². The van der Waals surface area contributed by atoms with Gasteiger partial charge in [0.25, 0.3) is 0 Å². The molecule has 27 heavy (non-hydrogen) atoms. The molecule has 0 amide bonds. The molecule has 1 aromatic rings. The van der Waals surface area contributed by atoms with Gasteiger partial charge in [-0.3, -0.25) is 5.41 Å². The van der Waals surface area contributed by atoms with Crippen LogP contribution in [0, 0.1) is 22.2 Å². The minimum Gasteiger partial charge on any atom is -0.441 e. The Bertz CT molecular complexity index is 951. The van der Waals surface area contributed by atoms with Crippen LogP contribution in [0.25, 0.3) is 5.76 Å². The van der Waals surface area contributed by atoms with Crippen LogP contribution in [0.5, 0.6) is 0 Å². The summed E-state index contributed by atoms with van der Waals surface area (Å²) < 4.78 is 11.3. The van der Waals surface area contributed by atoms with Crippen LogP contribution in [0.1, 0.15) is 12.5 Å². The third-order valence-electron chi connectivity index (χ3n) is 5.17. The number of nitrogens with one attached hydrogen (secondary N) is 1. The van der Waals surface area contributed by atoms with Gasteiger partial charge in [0.2, 0.25) is 5.90 Å². The van der Waals surface area contributed by atoms with Crippen molar-refractivity contribution in [2.75, 3.05) is 26.3 Å². The SMILES string of the molecule is CC1=C(c2ccc(Cl)cc2)OC(=N)C12C(N1CCOCC1)=NC(N)=C2C#N. The lowest BCUT2D eigenvalue weighted by Gasteiger charge is -2.36. The number of benzene rings is 1. The molecule has 3 aliphatic rings. The van der Waals surface area contributed by atoms with Crippen molar-refractivity contribution in [2.24, 2.45) is 16.1 Å². The molecule has 0 aromatic heterocycles. The number of halogens is 1. The minimum atomic E-state index is -1.19. The van der Waals surface area contributed by atoms with E-state index in [4.69, 9.17) is 32.2 Å². The molecule has 1 atom stereocenters. The first-order valence-corrected chi connectivity index (χ1v) is 8.94. The van der Waals surface area contributed by atoms with Crippen molar-refractivity contribution in [3.8, 4) is 6.07 Å². The van der Waals surface area contributed by atoms with E-state index in [0.29, 0.717) is 42.9 Å². The van der Waals surface area contributed by atoms with Gasteiger partial charge in [-0.2, -0.15) is 5.26 Å². The zero-order valence-electron chi connectivity index (χ0n) is 14.8. The van der Waals surface area contributed by atoms with Crippen LogP contribution in [-0.2, 0) is 9.47 Å². The predicted molar refractivity (Wildman–Crippen MR) is 102 cm³/mol. The lowest BCUT2D eigenvalue weighted by atomic mass is 9.74. The molecule has 1 unspecified atom stereocenters. The minimum absolute atomic E-state index is 0.0628. The highest BCUT2D eigenvalue weighted by Gasteiger charge is 2.59. The second kappa shape index (κ2) is 6.41. The maximum atomic E-state index is 9.81. The molecule has 3 heterocycles. The van der Waals surface area contributed by atoms with Crippen LogP contribution in [0.4, 0.5) is 0 Å². The first kappa shape index (κ1) is 17.6. The number of aliphatic imine (C=N–C) groups is 1. The number of hydrogen-bond acceptors (Lipinski definition) is 7. The van der Waals surface area contributed by atoms with Crippen LogP contribution in [0.2, 0.25) is 5.02 Å². The van der Waals surface area contributed by atoms with Crippen molar-refractivity contribution in [2.45, 2.75) is 6.92 Å².